The van der Waals surface area contributed by atoms with Crippen LogP contribution in [0, 0.1) is 0 Å². The molecule has 0 aliphatic carbocycles. The Bertz CT molecular complexity index is 121. The van der Waals surface area contributed by atoms with Crippen LogP contribution in [0.1, 0.15) is 1.43 Å². The van der Waals surface area contributed by atoms with Gasteiger partial charge < -0.3 is 26.1 Å². The second kappa shape index (κ2) is 9.23. The Kier molecular flexibility index (Phi) is 18.0. The first-order valence-corrected chi connectivity index (χ1v) is 4.14. The third kappa shape index (κ3) is 478. The zero-order chi connectivity index (χ0) is 9.00. The van der Waals surface area contributed by atoms with E-state index in [0.29, 0.717) is 0 Å². The maximum Gasteiger partial charge on any atom is 1.00 e. The quantitative estimate of drug-likeness (QED) is 0.222. The first kappa shape index (κ1) is 23.5. The van der Waals surface area contributed by atoms with Crippen molar-refractivity contribution in [3.63, 3.8) is 0 Å². The molecule has 0 rings (SSSR count). The standard InChI is InChI=1S/C4H12N.K.H3O4P.H2O.H/c1-5(2,3)4;;1-5(2,3)4;;/h1-4H3;;(H3,1,2,3,4);1H2;/q2*+1;;;-1. The van der Waals surface area contributed by atoms with E-state index in [9.17, 15) is 0 Å². The maximum absolute atomic E-state index is 8.88. The van der Waals surface area contributed by atoms with Gasteiger partial charge in [0.1, 0.15) is 0 Å². The van der Waals surface area contributed by atoms with Gasteiger partial charge in [0.05, 0.1) is 28.2 Å². The molecule has 0 radical (unpaired) electrons. The van der Waals surface area contributed by atoms with Crippen molar-refractivity contribution in [2.75, 3.05) is 28.2 Å². The average Bonchev–Trinajstić information content (AvgIpc) is 1.12. The molecule has 0 bridgehead atoms. The van der Waals surface area contributed by atoms with Crippen LogP contribution in [0.4, 0.5) is 0 Å². The van der Waals surface area contributed by atoms with Crippen molar-refractivity contribution in [2.45, 2.75) is 0 Å². The summed E-state index contributed by atoms with van der Waals surface area (Å²) in [5.74, 6) is 0. The summed E-state index contributed by atoms with van der Waals surface area (Å²) in [6.45, 7) is 0. The van der Waals surface area contributed by atoms with E-state index in [0.717, 1.165) is 4.48 Å². The minimum absolute atomic E-state index is 0. The molecule has 0 unspecified atom stereocenters. The van der Waals surface area contributed by atoms with Gasteiger partial charge in [0.25, 0.3) is 0 Å². The molecule has 12 heavy (non-hydrogen) atoms. The van der Waals surface area contributed by atoms with Gasteiger partial charge in [-0.15, -0.1) is 0 Å². The smallest absolute Gasteiger partial charge is 1.00 e. The van der Waals surface area contributed by atoms with E-state index in [-0.39, 0.29) is 58.3 Å². The minimum Gasteiger partial charge on any atom is -1.00 e. The van der Waals surface area contributed by atoms with Gasteiger partial charge in [-0.3, -0.25) is 0 Å². The van der Waals surface area contributed by atoms with Crippen LogP contribution in [-0.2, 0) is 4.57 Å². The van der Waals surface area contributed by atoms with Gasteiger partial charge in [0, 0.05) is 0 Å². The molecule has 0 heterocycles. The second-order valence-electron chi connectivity index (χ2n) is 3.20. The SMILES string of the molecule is C[N+](C)(C)C.O.O=P(O)(O)O.[H-].[K+]. The van der Waals surface area contributed by atoms with E-state index in [1.165, 1.54) is 0 Å². The normalized spacial score (nSPS) is 9.92. The van der Waals surface area contributed by atoms with Crippen molar-refractivity contribution in [3.05, 3.63) is 0 Å². The summed E-state index contributed by atoms with van der Waals surface area (Å²) in [5.41, 5.74) is 0. The molecule has 6 nitrogen and oxygen atoms in total. The number of hydrogen-bond acceptors (Lipinski definition) is 1. The molecule has 0 amide bonds. The fourth-order valence-electron chi connectivity index (χ4n) is 0. The molecule has 0 aromatic heterocycles. The minimum atomic E-state index is -4.64. The van der Waals surface area contributed by atoms with Gasteiger partial charge in [-0.05, 0) is 0 Å². The van der Waals surface area contributed by atoms with Crippen LogP contribution < -0.4 is 51.4 Å². The summed E-state index contributed by atoms with van der Waals surface area (Å²) in [6.07, 6.45) is 0. The summed E-state index contributed by atoms with van der Waals surface area (Å²) in [4.78, 5) is 21.6. The van der Waals surface area contributed by atoms with Crippen molar-refractivity contribution in [1.82, 2.24) is 0 Å². The third-order valence-corrected chi connectivity index (χ3v) is 0. The molecule has 0 aromatic carbocycles. The van der Waals surface area contributed by atoms with Crippen LogP contribution in [0.5, 0.6) is 0 Å². The molecule has 0 saturated carbocycles. The van der Waals surface area contributed by atoms with E-state index >= 15 is 0 Å². The Balaban J connectivity index is -0.0000000267. The Morgan fingerprint density at radius 1 is 1.08 bits per heavy atom. The third-order valence-electron chi connectivity index (χ3n) is 0. The molecule has 0 saturated heterocycles. The number of rotatable bonds is 0. The zero-order valence-corrected chi connectivity index (χ0v) is 12.2. The summed E-state index contributed by atoms with van der Waals surface area (Å²) < 4.78 is 9.88. The summed E-state index contributed by atoms with van der Waals surface area (Å²) in [7, 11) is 3.86. The van der Waals surface area contributed by atoms with Crippen LogP contribution in [0.15, 0.2) is 0 Å². The van der Waals surface area contributed by atoms with Crippen LogP contribution in [0.3, 0.4) is 0 Å². The van der Waals surface area contributed by atoms with Gasteiger partial charge >= 0.3 is 59.2 Å². The van der Waals surface area contributed by atoms with Gasteiger partial charge in [-0.25, -0.2) is 4.57 Å². The van der Waals surface area contributed by atoms with Gasteiger partial charge in [-0.2, -0.15) is 0 Å². The van der Waals surface area contributed by atoms with E-state index in [4.69, 9.17) is 19.2 Å². The van der Waals surface area contributed by atoms with Crippen molar-refractivity contribution < 1.29 is 82.0 Å². The molecule has 0 aromatic rings. The monoisotopic (exact) mass is 230 g/mol. The predicted molar refractivity (Wildman–Crippen MR) is 42.9 cm³/mol. The largest absolute Gasteiger partial charge is 1.00 e. The van der Waals surface area contributed by atoms with Crippen LogP contribution >= 0.6 is 7.82 Å². The van der Waals surface area contributed by atoms with Crippen LogP contribution in [0.2, 0.25) is 0 Å². The van der Waals surface area contributed by atoms with Gasteiger partial charge in [0.15, 0.2) is 0 Å². The number of phosphoric acid groups is 1. The maximum atomic E-state index is 8.88. The number of nitrogens with zero attached hydrogens (tertiary/aromatic N) is 1. The van der Waals surface area contributed by atoms with Crippen LogP contribution in [0.25, 0.3) is 0 Å². The Morgan fingerprint density at radius 3 is 1.08 bits per heavy atom. The fourth-order valence-corrected chi connectivity index (χ4v) is 0. The van der Waals surface area contributed by atoms with E-state index in [1.807, 2.05) is 0 Å². The summed E-state index contributed by atoms with van der Waals surface area (Å²) in [5, 5.41) is 0. The van der Waals surface area contributed by atoms with Crippen LogP contribution in [-0.4, -0.2) is 52.8 Å². The van der Waals surface area contributed by atoms with Crippen molar-refractivity contribution in [1.29, 1.82) is 0 Å². The molecule has 74 valence electrons. The molecule has 0 spiro atoms. The Hall–Kier alpha value is 1.67. The van der Waals surface area contributed by atoms with Crippen molar-refractivity contribution in [2.24, 2.45) is 0 Å². The molecule has 0 atom stereocenters. The molecule has 0 aliphatic rings. The average molecular weight is 230 g/mol. The van der Waals surface area contributed by atoms with Gasteiger partial charge in [0.2, 0.25) is 0 Å². The number of hydrogen-bond donors (Lipinski definition) is 3. The van der Waals surface area contributed by atoms with E-state index < -0.39 is 7.82 Å². The zero-order valence-electron chi connectivity index (χ0n) is 9.14. The molecular formula is C4H18KNO5P+. The van der Waals surface area contributed by atoms with E-state index in [1.54, 1.807) is 0 Å². The van der Waals surface area contributed by atoms with Crippen molar-refractivity contribution in [3.8, 4) is 0 Å². The molecule has 0 aliphatic heterocycles. The van der Waals surface area contributed by atoms with Crippen molar-refractivity contribution >= 4 is 7.82 Å². The summed E-state index contributed by atoms with van der Waals surface area (Å²) >= 11 is 0. The topological polar surface area (TPSA) is 109 Å². The molecular weight excluding hydrogens is 212 g/mol. The molecule has 0 fully saturated rings. The molecule has 5 N–H and O–H groups in total. The van der Waals surface area contributed by atoms with E-state index in [2.05, 4.69) is 28.2 Å². The Labute approximate surface area is 117 Å². The first-order chi connectivity index (χ1) is 4.00. The fraction of sp³-hybridized carbons (Fsp3) is 1.00. The predicted octanol–water partition coefficient (Wildman–Crippen LogP) is -4.31. The first-order valence-electron chi connectivity index (χ1n) is 2.57. The molecule has 8 heteroatoms. The Morgan fingerprint density at radius 2 is 1.08 bits per heavy atom. The number of quaternary nitrogens is 1. The van der Waals surface area contributed by atoms with Gasteiger partial charge in [-0.1, -0.05) is 0 Å². The second-order valence-corrected chi connectivity index (χ2v) is 4.22. The summed E-state index contributed by atoms with van der Waals surface area (Å²) in [6, 6.07) is 0.